The molecule has 0 saturated heterocycles. The first-order valence-corrected chi connectivity index (χ1v) is 2.42. The van der Waals surface area contributed by atoms with Crippen LogP contribution in [0.1, 0.15) is 13.8 Å². The summed E-state index contributed by atoms with van der Waals surface area (Å²) in [7, 11) is 0. The molecule has 0 aromatic rings. The zero-order valence-electron chi connectivity index (χ0n) is 5.84. The predicted molar refractivity (Wildman–Crippen MR) is 35.9 cm³/mol. The topological polar surface area (TPSA) is 104 Å². The molecule has 0 fully saturated rings. The van der Waals surface area contributed by atoms with Crippen molar-refractivity contribution in [3.05, 3.63) is 0 Å². The van der Waals surface area contributed by atoms with E-state index in [2.05, 4.69) is 0 Å². The van der Waals surface area contributed by atoms with Crippen LogP contribution in [-0.4, -0.2) is 22.7 Å². The number of amidine groups is 1. The average molecular weight is 146 g/mol. The number of nitrogens with two attached hydrogens (primary N) is 1. The van der Waals surface area contributed by atoms with E-state index < -0.39 is 11.8 Å². The van der Waals surface area contributed by atoms with Crippen LogP contribution in [0.2, 0.25) is 0 Å². The van der Waals surface area contributed by atoms with Crippen molar-refractivity contribution in [2.24, 2.45) is 5.73 Å². The zero-order valence-corrected chi connectivity index (χ0v) is 5.84. The van der Waals surface area contributed by atoms with Crippen LogP contribution in [-0.2, 0) is 9.59 Å². The number of carboxylic acid groups (broad SMARTS) is 1. The lowest BCUT2D eigenvalue weighted by atomic mass is 10.5. The molecule has 10 heavy (non-hydrogen) atoms. The van der Waals surface area contributed by atoms with Crippen molar-refractivity contribution in [1.82, 2.24) is 0 Å². The number of hydrogen-bond acceptors (Lipinski definition) is 3. The molecule has 5 heteroatoms. The molecule has 0 bridgehead atoms. The van der Waals surface area contributed by atoms with Crippen molar-refractivity contribution in [2.75, 3.05) is 0 Å². The molecular formula is C5H10N2O3. The van der Waals surface area contributed by atoms with Gasteiger partial charge in [0.25, 0.3) is 0 Å². The molecule has 0 amide bonds. The minimum absolute atomic E-state index is 0.167. The average Bonchev–Trinajstić information content (AvgIpc) is 1.63. The van der Waals surface area contributed by atoms with E-state index in [1.807, 2.05) is 0 Å². The lowest BCUT2D eigenvalue weighted by Gasteiger charge is -1.73. The smallest absolute Gasteiger partial charge is 0.371 e. The number of carbonyl (C=O) groups is 2. The Labute approximate surface area is 58.3 Å². The summed E-state index contributed by atoms with van der Waals surface area (Å²) in [5, 5.41) is 13.9. The van der Waals surface area contributed by atoms with E-state index in [0.29, 0.717) is 0 Å². The summed E-state index contributed by atoms with van der Waals surface area (Å²) >= 11 is 0. The molecule has 0 aliphatic carbocycles. The number of carboxylic acids is 1. The third-order valence-electron chi connectivity index (χ3n) is 0.301. The summed E-state index contributed by atoms with van der Waals surface area (Å²) in [5.41, 5.74) is 4.69. The molecule has 0 radical (unpaired) electrons. The van der Waals surface area contributed by atoms with Gasteiger partial charge in [-0.15, -0.1) is 0 Å². The van der Waals surface area contributed by atoms with Crippen LogP contribution in [0.15, 0.2) is 0 Å². The largest absolute Gasteiger partial charge is 0.476 e. The van der Waals surface area contributed by atoms with E-state index in [1.165, 1.54) is 6.92 Å². The van der Waals surface area contributed by atoms with E-state index in [-0.39, 0.29) is 5.84 Å². The SMILES string of the molecule is CC(=N)N.CC(=O)C(=O)O. The first kappa shape index (κ1) is 11.4. The molecule has 0 aliphatic rings. The quantitative estimate of drug-likeness (QED) is 0.266. The van der Waals surface area contributed by atoms with Gasteiger partial charge in [0.1, 0.15) is 0 Å². The van der Waals surface area contributed by atoms with Gasteiger partial charge in [-0.3, -0.25) is 10.2 Å². The maximum absolute atomic E-state index is 9.54. The standard InChI is InChI=1S/C3H4O3.C2H6N2/c1-2(4)3(5)6;1-2(3)4/h1H3,(H,5,6);1H3,(H3,3,4). The van der Waals surface area contributed by atoms with Crippen LogP contribution in [0.25, 0.3) is 0 Å². The van der Waals surface area contributed by atoms with Crippen molar-refractivity contribution in [2.45, 2.75) is 13.8 Å². The van der Waals surface area contributed by atoms with E-state index in [0.717, 1.165) is 6.92 Å². The summed E-state index contributed by atoms with van der Waals surface area (Å²) in [6.45, 7) is 2.53. The molecular weight excluding hydrogens is 136 g/mol. The van der Waals surface area contributed by atoms with Crippen LogP contribution in [0.4, 0.5) is 0 Å². The van der Waals surface area contributed by atoms with Crippen molar-refractivity contribution in [3.8, 4) is 0 Å². The van der Waals surface area contributed by atoms with Gasteiger partial charge in [-0.2, -0.15) is 0 Å². The molecule has 0 atom stereocenters. The Bertz CT molecular complexity index is 137. The number of aliphatic carboxylic acids is 1. The van der Waals surface area contributed by atoms with Gasteiger partial charge in [0.15, 0.2) is 0 Å². The number of rotatable bonds is 1. The van der Waals surface area contributed by atoms with Gasteiger partial charge >= 0.3 is 5.97 Å². The summed E-state index contributed by atoms with van der Waals surface area (Å²) in [6.07, 6.45) is 0. The van der Waals surface area contributed by atoms with Crippen molar-refractivity contribution in [1.29, 1.82) is 5.41 Å². The third-order valence-corrected chi connectivity index (χ3v) is 0.301. The van der Waals surface area contributed by atoms with Crippen LogP contribution in [0, 0.1) is 5.41 Å². The minimum atomic E-state index is -1.38. The lowest BCUT2D eigenvalue weighted by molar-refractivity contribution is -0.148. The Morgan fingerprint density at radius 2 is 1.50 bits per heavy atom. The number of nitrogens with one attached hydrogen (secondary N) is 1. The number of ketones is 1. The summed E-state index contributed by atoms with van der Waals surface area (Å²) in [6, 6.07) is 0. The number of hydrogen-bond donors (Lipinski definition) is 3. The highest BCUT2D eigenvalue weighted by atomic mass is 16.4. The van der Waals surface area contributed by atoms with Gasteiger partial charge in [-0.1, -0.05) is 0 Å². The van der Waals surface area contributed by atoms with Gasteiger partial charge in [0.2, 0.25) is 5.78 Å². The van der Waals surface area contributed by atoms with E-state index >= 15 is 0 Å². The summed E-state index contributed by atoms with van der Waals surface area (Å²) < 4.78 is 0. The number of Topliss-reactive ketones (excluding diaryl/α,β-unsaturated/α-hetero) is 1. The second-order valence-corrected chi connectivity index (χ2v) is 1.54. The minimum Gasteiger partial charge on any atom is -0.476 e. The lowest BCUT2D eigenvalue weighted by Crippen LogP contribution is -2.05. The third kappa shape index (κ3) is 30.5. The van der Waals surface area contributed by atoms with Crippen LogP contribution in [0.5, 0.6) is 0 Å². The molecule has 0 saturated carbocycles. The maximum atomic E-state index is 9.54. The zero-order chi connectivity index (χ0) is 8.73. The monoisotopic (exact) mass is 146 g/mol. The van der Waals surface area contributed by atoms with Crippen molar-refractivity contribution in [3.63, 3.8) is 0 Å². The highest BCUT2D eigenvalue weighted by Crippen LogP contribution is 1.61. The molecule has 0 rings (SSSR count). The van der Waals surface area contributed by atoms with Gasteiger partial charge < -0.3 is 10.8 Å². The maximum Gasteiger partial charge on any atom is 0.371 e. The first-order valence-electron chi connectivity index (χ1n) is 2.42. The van der Waals surface area contributed by atoms with Crippen molar-refractivity contribution >= 4 is 17.6 Å². The Hall–Kier alpha value is -1.39. The summed E-state index contributed by atoms with van der Waals surface area (Å²) in [4.78, 5) is 18.9. The van der Waals surface area contributed by atoms with Crippen molar-refractivity contribution < 1.29 is 14.7 Å². The molecule has 0 aromatic heterocycles. The fraction of sp³-hybridized carbons (Fsp3) is 0.400. The number of carbonyl (C=O) groups excluding carboxylic acids is 1. The normalized spacial score (nSPS) is 7.00. The van der Waals surface area contributed by atoms with Gasteiger partial charge in [0, 0.05) is 6.92 Å². The summed E-state index contributed by atoms with van der Waals surface area (Å²) in [5.74, 6) is -2.04. The molecule has 0 aromatic carbocycles. The second-order valence-electron chi connectivity index (χ2n) is 1.54. The second kappa shape index (κ2) is 5.74. The van der Waals surface area contributed by atoms with Crippen LogP contribution >= 0.6 is 0 Å². The molecule has 5 nitrogen and oxygen atoms in total. The van der Waals surface area contributed by atoms with Gasteiger partial charge in [0.05, 0.1) is 5.84 Å². The van der Waals surface area contributed by atoms with Crippen LogP contribution in [0.3, 0.4) is 0 Å². The molecule has 58 valence electrons. The fourth-order valence-electron chi connectivity index (χ4n) is 0. The van der Waals surface area contributed by atoms with E-state index in [9.17, 15) is 9.59 Å². The molecule has 0 unspecified atom stereocenters. The van der Waals surface area contributed by atoms with Gasteiger partial charge in [-0.05, 0) is 6.92 Å². The molecule has 0 spiro atoms. The fourth-order valence-corrected chi connectivity index (χ4v) is 0. The highest BCUT2D eigenvalue weighted by Gasteiger charge is 1.98. The van der Waals surface area contributed by atoms with Gasteiger partial charge in [-0.25, -0.2) is 4.79 Å². The first-order chi connectivity index (χ1) is 4.37. The van der Waals surface area contributed by atoms with Crippen LogP contribution < -0.4 is 5.73 Å². The Morgan fingerprint density at radius 3 is 1.50 bits per heavy atom. The Kier molecular flexibility index (Phi) is 6.55. The van der Waals surface area contributed by atoms with E-state index in [4.69, 9.17) is 16.2 Å². The molecule has 4 N–H and O–H groups in total. The van der Waals surface area contributed by atoms with E-state index in [1.54, 1.807) is 0 Å². The Morgan fingerprint density at radius 1 is 1.40 bits per heavy atom. The Balaban J connectivity index is 0. The highest BCUT2D eigenvalue weighted by molar-refractivity contribution is 6.31. The molecule has 0 aliphatic heterocycles. The predicted octanol–water partition coefficient (Wildman–Crippen LogP) is -0.398. The molecule has 0 heterocycles.